The van der Waals surface area contributed by atoms with Gasteiger partial charge in [0.25, 0.3) is 0 Å². The first kappa shape index (κ1) is 56.4. The molecule has 0 N–H and O–H groups in total. The van der Waals surface area contributed by atoms with Crippen molar-refractivity contribution < 1.29 is 23.9 Å². The number of hydrogen-bond acceptors (Lipinski definition) is 6. The molecule has 0 heterocycles. The van der Waals surface area contributed by atoms with E-state index >= 15 is 0 Å². The molecule has 0 bridgehead atoms. The molecule has 0 saturated carbocycles. The zero-order chi connectivity index (χ0) is 42.9. The van der Waals surface area contributed by atoms with Crippen LogP contribution in [0.1, 0.15) is 253 Å². The third-order valence-corrected chi connectivity index (χ3v) is 12.6. The van der Waals surface area contributed by atoms with Crippen molar-refractivity contribution in [3.05, 3.63) is 0 Å². The summed E-state index contributed by atoms with van der Waals surface area (Å²) in [6.07, 6.45) is 38.5. The third kappa shape index (κ3) is 33.1. The van der Waals surface area contributed by atoms with Gasteiger partial charge >= 0.3 is 11.9 Å². The van der Waals surface area contributed by atoms with Gasteiger partial charge in [-0.25, -0.2) is 0 Å². The van der Waals surface area contributed by atoms with Crippen molar-refractivity contribution in [2.75, 3.05) is 39.9 Å². The highest BCUT2D eigenvalue weighted by Gasteiger charge is 2.24. The monoisotopic (exact) mass is 821 g/mol. The minimum absolute atomic E-state index is 0.0188. The lowest BCUT2D eigenvalue weighted by atomic mass is 9.94. The van der Waals surface area contributed by atoms with Gasteiger partial charge in [-0.3, -0.25) is 14.4 Å². The maximum absolute atomic E-state index is 13.7. The zero-order valence-electron chi connectivity index (χ0n) is 40.0. The second kappa shape index (κ2) is 42.1. The zero-order valence-corrected chi connectivity index (χ0v) is 40.0. The summed E-state index contributed by atoms with van der Waals surface area (Å²) < 4.78 is 11.9. The molecule has 0 aliphatic heterocycles. The van der Waals surface area contributed by atoms with E-state index in [1.54, 1.807) is 4.90 Å². The summed E-state index contributed by atoms with van der Waals surface area (Å²) in [4.78, 5) is 44.7. The summed E-state index contributed by atoms with van der Waals surface area (Å²) in [6.45, 7) is 15.1. The number of carbonyl (C=O) groups is 3. The summed E-state index contributed by atoms with van der Waals surface area (Å²) >= 11 is 0. The molecule has 0 aliphatic rings. The van der Waals surface area contributed by atoms with E-state index in [2.05, 4.69) is 46.4 Å². The Morgan fingerprint density at radius 3 is 0.983 bits per heavy atom. The molecule has 0 aromatic rings. The summed E-state index contributed by atoms with van der Waals surface area (Å²) in [6, 6.07) is 0.0896. The van der Waals surface area contributed by atoms with E-state index in [4.69, 9.17) is 9.47 Å². The van der Waals surface area contributed by atoms with Crippen LogP contribution in [0.25, 0.3) is 0 Å². The van der Waals surface area contributed by atoms with Crippen molar-refractivity contribution in [2.45, 2.75) is 259 Å². The Morgan fingerprint density at radius 2 is 0.707 bits per heavy atom. The molecule has 1 unspecified atom stereocenters. The maximum Gasteiger partial charge on any atom is 0.308 e. The van der Waals surface area contributed by atoms with Crippen molar-refractivity contribution in [3.8, 4) is 0 Å². The second-order valence-electron chi connectivity index (χ2n) is 17.9. The number of ether oxygens (including phenoxy) is 2. The van der Waals surface area contributed by atoms with Gasteiger partial charge in [0.2, 0.25) is 5.91 Å². The Bertz CT molecular complexity index is 835. The Balaban J connectivity index is 5.39. The van der Waals surface area contributed by atoms with E-state index in [0.29, 0.717) is 19.5 Å². The second-order valence-corrected chi connectivity index (χ2v) is 17.9. The lowest BCUT2D eigenvalue weighted by Gasteiger charge is -2.28. The number of esters is 2. The molecule has 58 heavy (non-hydrogen) atoms. The van der Waals surface area contributed by atoms with Gasteiger partial charge in [0, 0.05) is 12.5 Å². The van der Waals surface area contributed by atoms with Crippen LogP contribution in [-0.4, -0.2) is 73.6 Å². The number of nitrogens with zero attached hydrogens (tertiary/aromatic N) is 2. The first-order valence-corrected chi connectivity index (χ1v) is 25.6. The SMILES string of the molecule is CCCCCCCCCC(CCCCCCCCC)C(=O)OCCN(CCOC(=O)C(CCCCCCCCC)CCCCCCCCC)C(=O)CC(C)N(C)CC. The molecule has 0 aromatic carbocycles. The van der Waals surface area contributed by atoms with Crippen LogP contribution < -0.4 is 0 Å². The van der Waals surface area contributed by atoms with Gasteiger partial charge in [0.05, 0.1) is 24.9 Å². The van der Waals surface area contributed by atoms with Crippen molar-refractivity contribution >= 4 is 17.8 Å². The smallest absolute Gasteiger partial charge is 0.308 e. The molecule has 0 aromatic heterocycles. The Labute approximate surface area is 361 Å². The average molecular weight is 821 g/mol. The minimum atomic E-state index is -0.103. The number of carbonyl (C=O) groups excluding carboxylic acids is 3. The van der Waals surface area contributed by atoms with Crippen molar-refractivity contribution in [1.29, 1.82) is 0 Å². The van der Waals surface area contributed by atoms with Crippen molar-refractivity contribution in [2.24, 2.45) is 11.8 Å². The molecule has 0 fully saturated rings. The summed E-state index contributed by atoms with van der Waals surface area (Å²) in [5.74, 6) is -0.328. The Hall–Kier alpha value is -1.63. The van der Waals surface area contributed by atoms with Crippen LogP contribution in [0, 0.1) is 11.8 Å². The Kier molecular flexibility index (Phi) is 40.9. The van der Waals surface area contributed by atoms with Gasteiger partial charge in [-0.15, -0.1) is 0 Å². The molecule has 1 amide bonds. The van der Waals surface area contributed by atoms with E-state index in [-0.39, 0.29) is 48.9 Å². The van der Waals surface area contributed by atoms with Gasteiger partial charge in [-0.1, -0.05) is 214 Å². The molecule has 1 atom stereocenters. The van der Waals surface area contributed by atoms with Crippen LogP contribution in [0.3, 0.4) is 0 Å². The molecule has 344 valence electrons. The fraction of sp³-hybridized carbons (Fsp3) is 0.941. The lowest BCUT2D eigenvalue weighted by Crippen LogP contribution is -2.41. The quantitative estimate of drug-likeness (QED) is 0.0450. The lowest BCUT2D eigenvalue weighted by molar-refractivity contribution is -0.152. The van der Waals surface area contributed by atoms with Gasteiger partial charge in [-0.2, -0.15) is 0 Å². The van der Waals surface area contributed by atoms with E-state index in [0.717, 1.165) is 57.9 Å². The summed E-state index contributed by atoms with van der Waals surface area (Å²) in [5, 5.41) is 0. The van der Waals surface area contributed by atoms with E-state index in [1.807, 2.05) is 7.05 Å². The van der Waals surface area contributed by atoms with Crippen LogP contribution in [0.15, 0.2) is 0 Å². The molecule has 0 saturated heterocycles. The molecule has 0 radical (unpaired) electrons. The van der Waals surface area contributed by atoms with Gasteiger partial charge in [0.1, 0.15) is 13.2 Å². The third-order valence-electron chi connectivity index (χ3n) is 12.6. The largest absolute Gasteiger partial charge is 0.464 e. The molecule has 7 nitrogen and oxygen atoms in total. The van der Waals surface area contributed by atoms with Crippen LogP contribution in [0.4, 0.5) is 0 Å². The predicted octanol–water partition coefficient (Wildman–Crippen LogP) is 14.4. The number of unbranched alkanes of at least 4 members (excludes halogenated alkanes) is 24. The van der Waals surface area contributed by atoms with Gasteiger partial charge in [-0.05, 0) is 46.2 Å². The highest BCUT2D eigenvalue weighted by atomic mass is 16.5. The van der Waals surface area contributed by atoms with Gasteiger partial charge < -0.3 is 19.3 Å². The first-order valence-electron chi connectivity index (χ1n) is 25.6. The van der Waals surface area contributed by atoms with Crippen LogP contribution in [0.2, 0.25) is 0 Å². The van der Waals surface area contributed by atoms with Crippen LogP contribution in [-0.2, 0) is 23.9 Å². The molecular weight excluding hydrogens is 721 g/mol. The first-order chi connectivity index (χ1) is 28.2. The normalized spacial score (nSPS) is 12.2. The van der Waals surface area contributed by atoms with Crippen molar-refractivity contribution in [3.63, 3.8) is 0 Å². The molecule has 7 heteroatoms. The Morgan fingerprint density at radius 1 is 0.431 bits per heavy atom. The summed E-state index contributed by atoms with van der Waals surface area (Å²) in [5.41, 5.74) is 0. The van der Waals surface area contributed by atoms with E-state index < -0.39 is 0 Å². The predicted molar refractivity (Wildman–Crippen MR) is 248 cm³/mol. The number of amides is 1. The highest BCUT2D eigenvalue weighted by molar-refractivity contribution is 5.77. The number of rotatable bonds is 44. The highest BCUT2D eigenvalue weighted by Crippen LogP contribution is 2.23. The van der Waals surface area contributed by atoms with E-state index in [9.17, 15) is 14.4 Å². The fourth-order valence-electron chi connectivity index (χ4n) is 8.11. The molecule has 0 rings (SSSR count). The average Bonchev–Trinajstić information content (AvgIpc) is 3.22. The summed E-state index contributed by atoms with van der Waals surface area (Å²) in [7, 11) is 2.04. The van der Waals surface area contributed by atoms with Crippen LogP contribution >= 0.6 is 0 Å². The molecule has 0 spiro atoms. The molecular formula is C51H100N2O5. The minimum Gasteiger partial charge on any atom is -0.464 e. The van der Waals surface area contributed by atoms with Crippen molar-refractivity contribution in [1.82, 2.24) is 9.80 Å². The maximum atomic E-state index is 13.7. The topological polar surface area (TPSA) is 76.1 Å². The standard InChI is InChI=1S/C51H100N2O5/c1-8-13-17-21-25-29-33-37-47(38-34-30-26-22-18-14-9-2)50(55)57-43-41-53(49(54)45-46(6)52(7)12-5)42-44-58-51(56)48(39-35-31-27-23-19-15-10-3)40-36-32-28-24-20-16-11-4/h46-48H,8-45H2,1-7H3. The molecule has 0 aliphatic carbocycles. The van der Waals surface area contributed by atoms with Gasteiger partial charge in [0.15, 0.2) is 0 Å². The fourth-order valence-corrected chi connectivity index (χ4v) is 8.11. The van der Waals surface area contributed by atoms with E-state index in [1.165, 1.54) is 154 Å². The number of hydrogen-bond donors (Lipinski definition) is 0. The van der Waals surface area contributed by atoms with Crippen LogP contribution in [0.5, 0.6) is 0 Å².